The number of fused-ring (bicyclic) bond motifs is 1. The van der Waals surface area contributed by atoms with E-state index in [4.69, 9.17) is 11.6 Å². The molecule has 8 heteroatoms. The van der Waals surface area contributed by atoms with E-state index >= 15 is 0 Å². The molecule has 7 nitrogen and oxygen atoms in total. The van der Waals surface area contributed by atoms with Crippen molar-refractivity contribution < 1.29 is 4.79 Å². The Labute approximate surface area is 178 Å². The van der Waals surface area contributed by atoms with Crippen LogP contribution in [0.25, 0.3) is 16.9 Å². The molecular weight excluding hydrogens is 400 g/mol. The first kappa shape index (κ1) is 18.6. The van der Waals surface area contributed by atoms with E-state index in [1.807, 2.05) is 66.3 Å². The van der Waals surface area contributed by atoms with Crippen LogP contribution in [0.5, 0.6) is 0 Å². The third-order valence-electron chi connectivity index (χ3n) is 5.29. The lowest BCUT2D eigenvalue weighted by Crippen LogP contribution is -2.36. The molecule has 0 bridgehead atoms. The quantitative estimate of drug-likeness (QED) is 0.510. The standard InChI is InChI=1S/C22H19ClN6O/c1-27-20(15-6-5-7-16(23)12-15)18-10-11-28(13-19(18)25-27)22(30)21-24-14-29(26-21)17-8-3-2-4-9-17/h2-9,12,14H,10-11,13H2,1H3. The monoisotopic (exact) mass is 418 g/mol. The van der Waals surface area contributed by atoms with Gasteiger partial charge in [0, 0.05) is 29.7 Å². The highest BCUT2D eigenvalue weighted by Gasteiger charge is 2.29. The van der Waals surface area contributed by atoms with Gasteiger partial charge < -0.3 is 4.90 Å². The van der Waals surface area contributed by atoms with Crippen LogP contribution in [0.4, 0.5) is 0 Å². The molecule has 0 N–H and O–H groups in total. The fourth-order valence-electron chi connectivity index (χ4n) is 3.90. The van der Waals surface area contributed by atoms with Crippen LogP contribution in [0.15, 0.2) is 60.9 Å². The second-order valence-corrected chi connectivity index (χ2v) is 7.67. The number of nitrogens with zero attached hydrogens (tertiary/aromatic N) is 6. The van der Waals surface area contributed by atoms with Crippen LogP contribution in [0, 0.1) is 0 Å². The van der Waals surface area contributed by atoms with Gasteiger partial charge in [0.05, 0.1) is 23.6 Å². The smallest absolute Gasteiger partial charge is 0.293 e. The Bertz CT molecular complexity index is 1230. The second kappa shape index (κ2) is 7.42. The predicted octanol–water partition coefficient (Wildman–Crippen LogP) is 3.52. The Morgan fingerprint density at radius 3 is 2.70 bits per heavy atom. The van der Waals surface area contributed by atoms with Crippen molar-refractivity contribution in [2.75, 3.05) is 6.54 Å². The van der Waals surface area contributed by atoms with Crippen molar-refractivity contribution in [3.8, 4) is 16.9 Å². The number of aromatic nitrogens is 5. The first-order chi connectivity index (χ1) is 14.6. The Kier molecular flexibility index (Phi) is 4.59. The molecule has 0 spiro atoms. The highest BCUT2D eigenvalue weighted by molar-refractivity contribution is 6.30. The highest BCUT2D eigenvalue weighted by atomic mass is 35.5. The molecule has 150 valence electrons. The van der Waals surface area contributed by atoms with Gasteiger partial charge in [-0.3, -0.25) is 9.48 Å². The first-order valence-corrected chi connectivity index (χ1v) is 10.0. The normalized spacial score (nSPS) is 13.3. The lowest BCUT2D eigenvalue weighted by molar-refractivity contribution is 0.0720. The van der Waals surface area contributed by atoms with E-state index in [-0.39, 0.29) is 11.7 Å². The lowest BCUT2D eigenvalue weighted by atomic mass is 10.00. The summed E-state index contributed by atoms with van der Waals surface area (Å²) in [6, 6.07) is 17.4. The first-order valence-electron chi connectivity index (χ1n) is 9.67. The minimum Gasteiger partial charge on any atom is -0.330 e. The van der Waals surface area contributed by atoms with Gasteiger partial charge in [0.25, 0.3) is 5.91 Å². The van der Waals surface area contributed by atoms with Crippen molar-refractivity contribution in [2.45, 2.75) is 13.0 Å². The lowest BCUT2D eigenvalue weighted by Gasteiger charge is -2.25. The molecule has 5 rings (SSSR count). The molecule has 2 aromatic heterocycles. The zero-order valence-corrected chi connectivity index (χ0v) is 17.1. The number of carbonyl (C=O) groups excluding carboxylic acids is 1. The number of para-hydroxylation sites is 1. The molecule has 0 unspecified atom stereocenters. The Morgan fingerprint density at radius 1 is 1.07 bits per heavy atom. The minimum atomic E-state index is -0.190. The number of hydrogen-bond acceptors (Lipinski definition) is 4. The van der Waals surface area contributed by atoms with Gasteiger partial charge in [-0.1, -0.05) is 41.9 Å². The Balaban J connectivity index is 1.40. The topological polar surface area (TPSA) is 68.8 Å². The summed E-state index contributed by atoms with van der Waals surface area (Å²) in [6.45, 7) is 1.02. The molecule has 0 aliphatic carbocycles. The van der Waals surface area contributed by atoms with Crippen molar-refractivity contribution in [3.63, 3.8) is 0 Å². The maximum Gasteiger partial charge on any atom is 0.293 e. The average molecular weight is 419 g/mol. The molecule has 3 heterocycles. The van der Waals surface area contributed by atoms with E-state index in [0.717, 1.165) is 34.6 Å². The van der Waals surface area contributed by atoms with Crippen LogP contribution in [0.3, 0.4) is 0 Å². The van der Waals surface area contributed by atoms with Crippen LogP contribution in [0.2, 0.25) is 5.02 Å². The zero-order valence-electron chi connectivity index (χ0n) is 16.4. The minimum absolute atomic E-state index is 0.188. The third kappa shape index (κ3) is 3.27. The predicted molar refractivity (Wildman–Crippen MR) is 113 cm³/mol. The molecule has 0 saturated heterocycles. The van der Waals surface area contributed by atoms with Crippen molar-refractivity contribution in [3.05, 3.63) is 83.0 Å². The third-order valence-corrected chi connectivity index (χ3v) is 5.53. The number of carbonyl (C=O) groups is 1. The largest absolute Gasteiger partial charge is 0.330 e. The summed E-state index contributed by atoms with van der Waals surface area (Å²) in [5, 5.41) is 9.73. The van der Waals surface area contributed by atoms with Gasteiger partial charge in [0.15, 0.2) is 0 Å². The van der Waals surface area contributed by atoms with E-state index < -0.39 is 0 Å². The molecule has 1 aliphatic heterocycles. The molecule has 30 heavy (non-hydrogen) atoms. The van der Waals surface area contributed by atoms with Crippen LogP contribution >= 0.6 is 11.6 Å². The molecule has 1 amide bonds. The maximum absolute atomic E-state index is 13.0. The summed E-state index contributed by atoms with van der Waals surface area (Å²) >= 11 is 6.18. The number of hydrogen-bond donors (Lipinski definition) is 0. The number of aryl methyl sites for hydroxylation is 1. The van der Waals surface area contributed by atoms with Gasteiger partial charge in [-0.25, -0.2) is 9.67 Å². The van der Waals surface area contributed by atoms with E-state index in [1.165, 1.54) is 0 Å². The van der Waals surface area contributed by atoms with E-state index in [2.05, 4.69) is 15.2 Å². The van der Waals surface area contributed by atoms with Gasteiger partial charge in [-0.2, -0.15) is 5.10 Å². The molecule has 4 aromatic rings. The number of rotatable bonds is 3. The Hall–Kier alpha value is -3.45. The van der Waals surface area contributed by atoms with Crippen LogP contribution in [-0.2, 0) is 20.0 Å². The summed E-state index contributed by atoms with van der Waals surface area (Å²) < 4.78 is 3.48. The molecule has 0 saturated carbocycles. The van der Waals surface area contributed by atoms with Crippen LogP contribution in [-0.4, -0.2) is 41.9 Å². The zero-order chi connectivity index (χ0) is 20.7. The van der Waals surface area contributed by atoms with Gasteiger partial charge >= 0.3 is 0 Å². The van der Waals surface area contributed by atoms with Gasteiger partial charge in [-0.05, 0) is 30.7 Å². The molecule has 2 aromatic carbocycles. The van der Waals surface area contributed by atoms with Crippen LogP contribution < -0.4 is 0 Å². The van der Waals surface area contributed by atoms with E-state index in [9.17, 15) is 4.79 Å². The fraction of sp³-hybridized carbons (Fsp3) is 0.182. The Morgan fingerprint density at radius 2 is 1.90 bits per heavy atom. The van der Waals surface area contributed by atoms with Crippen molar-refractivity contribution >= 4 is 17.5 Å². The maximum atomic E-state index is 13.0. The van der Waals surface area contributed by atoms with Gasteiger partial charge in [-0.15, -0.1) is 5.10 Å². The summed E-state index contributed by atoms with van der Waals surface area (Å²) in [4.78, 5) is 19.0. The number of amides is 1. The van der Waals surface area contributed by atoms with Gasteiger partial charge in [0.2, 0.25) is 5.82 Å². The molecule has 0 radical (unpaired) electrons. The SMILES string of the molecule is Cn1nc2c(c1-c1cccc(Cl)c1)CCN(C(=O)c1ncn(-c3ccccc3)n1)C2. The van der Waals surface area contributed by atoms with Crippen molar-refractivity contribution in [1.82, 2.24) is 29.4 Å². The second-order valence-electron chi connectivity index (χ2n) is 7.23. The van der Waals surface area contributed by atoms with E-state index in [1.54, 1.807) is 15.9 Å². The molecule has 0 atom stereocenters. The van der Waals surface area contributed by atoms with Gasteiger partial charge in [0.1, 0.15) is 6.33 Å². The summed E-state index contributed by atoms with van der Waals surface area (Å²) in [5.41, 5.74) is 5.00. The number of halogens is 1. The summed E-state index contributed by atoms with van der Waals surface area (Å²) in [7, 11) is 1.92. The van der Waals surface area contributed by atoms with Crippen LogP contribution in [0.1, 0.15) is 21.9 Å². The molecule has 0 fully saturated rings. The summed E-state index contributed by atoms with van der Waals surface area (Å²) in [6.07, 6.45) is 2.28. The highest BCUT2D eigenvalue weighted by Crippen LogP contribution is 2.31. The summed E-state index contributed by atoms with van der Waals surface area (Å²) in [5.74, 6) is -0.00131. The van der Waals surface area contributed by atoms with E-state index in [0.29, 0.717) is 18.1 Å². The molecule has 1 aliphatic rings. The fourth-order valence-corrected chi connectivity index (χ4v) is 4.09. The van der Waals surface area contributed by atoms with Crippen molar-refractivity contribution in [2.24, 2.45) is 7.05 Å². The number of benzene rings is 2. The average Bonchev–Trinajstić information content (AvgIpc) is 3.37. The van der Waals surface area contributed by atoms with Crippen molar-refractivity contribution in [1.29, 1.82) is 0 Å². The molecular formula is C22H19ClN6O.